The van der Waals surface area contributed by atoms with E-state index in [9.17, 15) is 9.65 Å². The number of fused-ring (bicyclic) bond motifs is 2. The van der Waals surface area contributed by atoms with Gasteiger partial charge in [0.05, 0.1) is 17.2 Å². The molecule has 0 spiro atoms. The fraction of sp³-hybridized carbons (Fsp3) is 0.381. The Morgan fingerprint density at radius 3 is 2.96 bits per heavy atom. The lowest BCUT2D eigenvalue weighted by molar-refractivity contribution is 0.0579. The van der Waals surface area contributed by atoms with Gasteiger partial charge >= 0.3 is 0 Å². The molecule has 1 fully saturated rings. The lowest BCUT2D eigenvalue weighted by Crippen LogP contribution is -2.50. The predicted molar refractivity (Wildman–Crippen MR) is 96.2 cm³/mol. The summed E-state index contributed by atoms with van der Waals surface area (Å²) in [6, 6.07) is 11.6. The summed E-state index contributed by atoms with van der Waals surface area (Å²) in [5.74, 6) is 0.0460. The molecule has 4 nitrogen and oxygen atoms in total. The molecule has 0 saturated carbocycles. The molecule has 5 rings (SSSR count). The summed E-state index contributed by atoms with van der Waals surface area (Å²) >= 11 is 0. The van der Waals surface area contributed by atoms with Crippen LogP contribution in [-0.2, 0) is 6.42 Å². The van der Waals surface area contributed by atoms with Crippen molar-refractivity contribution in [3.8, 4) is 22.9 Å². The molecule has 26 heavy (non-hydrogen) atoms. The van der Waals surface area contributed by atoms with E-state index in [4.69, 9.17) is 10.5 Å². The van der Waals surface area contributed by atoms with Crippen LogP contribution in [0.4, 0.5) is 4.39 Å². The number of hydrogen-bond acceptors (Lipinski definition) is 4. The number of benzene rings is 2. The number of ether oxygens (including phenoxy) is 1. The first kappa shape index (κ1) is 15.8. The van der Waals surface area contributed by atoms with Crippen LogP contribution in [0.15, 0.2) is 30.3 Å². The van der Waals surface area contributed by atoms with Crippen LogP contribution in [0.1, 0.15) is 35.6 Å². The van der Waals surface area contributed by atoms with Gasteiger partial charge in [0.15, 0.2) is 5.82 Å². The lowest BCUT2D eigenvalue weighted by atomic mass is 9.90. The summed E-state index contributed by atoms with van der Waals surface area (Å²) in [7, 11) is 0. The van der Waals surface area contributed by atoms with Crippen LogP contribution in [0.2, 0.25) is 0 Å². The highest BCUT2D eigenvalue weighted by atomic mass is 19.1. The van der Waals surface area contributed by atoms with Crippen LogP contribution < -0.4 is 10.5 Å². The fourth-order valence-electron chi connectivity index (χ4n) is 4.80. The number of rotatable bonds is 1. The van der Waals surface area contributed by atoms with Crippen molar-refractivity contribution in [1.29, 1.82) is 5.26 Å². The Hall–Kier alpha value is -2.42. The van der Waals surface area contributed by atoms with Crippen molar-refractivity contribution in [3.63, 3.8) is 0 Å². The standard InChI is InChI=1S/C21H20FN3O/c22-20-13(10-23)6-7-17-19(20)15-5-1-3-12-9-16(21(26-17)18(12)15)25-8-2-4-14(24)11-25/h1,3,5-7,14,16,21H,2,4,8-9,11,24H2. The molecule has 3 aliphatic rings. The molecule has 0 amide bonds. The van der Waals surface area contributed by atoms with E-state index in [1.54, 1.807) is 6.07 Å². The van der Waals surface area contributed by atoms with Crippen LogP contribution in [0.5, 0.6) is 5.75 Å². The highest BCUT2D eigenvalue weighted by Gasteiger charge is 2.44. The minimum Gasteiger partial charge on any atom is -0.483 e. The van der Waals surface area contributed by atoms with Gasteiger partial charge in [-0.2, -0.15) is 5.26 Å². The highest BCUT2D eigenvalue weighted by Crippen LogP contribution is 2.51. The molecular weight excluding hydrogens is 329 g/mol. The molecular formula is C21H20FN3O. The van der Waals surface area contributed by atoms with E-state index in [2.05, 4.69) is 11.0 Å². The minimum absolute atomic E-state index is 0.0555. The molecule has 5 heteroatoms. The van der Waals surface area contributed by atoms with Crippen LogP contribution in [0.25, 0.3) is 11.1 Å². The number of nitrogens with two attached hydrogens (primary N) is 1. The van der Waals surface area contributed by atoms with Crippen molar-refractivity contribution in [3.05, 3.63) is 52.8 Å². The van der Waals surface area contributed by atoms with Crippen molar-refractivity contribution in [1.82, 2.24) is 4.90 Å². The van der Waals surface area contributed by atoms with Crippen LogP contribution in [0, 0.1) is 17.1 Å². The smallest absolute Gasteiger partial charge is 0.152 e. The number of hydrogen-bond donors (Lipinski definition) is 1. The van der Waals surface area contributed by atoms with E-state index in [0.29, 0.717) is 11.3 Å². The Kier molecular flexibility index (Phi) is 3.53. The molecule has 0 bridgehead atoms. The predicted octanol–water partition coefficient (Wildman–Crippen LogP) is 3.15. The normalized spacial score (nSPS) is 26.6. The molecule has 2 aliphatic heterocycles. The second kappa shape index (κ2) is 5.80. The van der Waals surface area contributed by atoms with E-state index in [1.807, 2.05) is 18.2 Å². The Balaban J connectivity index is 1.62. The zero-order valence-electron chi connectivity index (χ0n) is 14.4. The van der Waals surface area contributed by atoms with Crippen LogP contribution in [0.3, 0.4) is 0 Å². The second-order valence-electron chi connectivity index (χ2n) is 7.50. The van der Waals surface area contributed by atoms with Gasteiger partial charge in [-0.25, -0.2) is 4.39 Å². The summed E-state index contributed by atoms with van der Waals surface area (Å²) in [6.45, 7) is 1.90. The minimum atomic E-state index is -0.486. The van der Waals surface area contributed by atoms with Crippen LogP contribution >= 0.6 is 0 Å². The molecule has 0 aromatic heterocycles. The van der Waals surface area contributed by atoms with Gasteiger partial charge in [-0.05, 0) is 49.1 Å². The second-order valence-corrected chi connectivity index (χ2v) is 7.50. The average Bonchev–Trinajstić information content (AvgIpc) is 3.02. The fourth-order valence-corrected chi connectivity index (χ4v) is 4.80. The largest absolute Gasteiger partial charge is 0.483 e. The number of likely N-dealkylation sites (tertiary alicyclic amines) is 1. The number of piperidine rings is 1. The van der Waals surface area contributed by atoms with Crippen molar-refractivity contribution >= 4 is 0 Å². The van der Waals surface area contributed by atoms with Gasteiger partial charge in [-0.15, -0.1) is 0 Å². The SMILES string of the molecule is N#Cc1ccc2c(c1F)-c1cccc3c1C(O2)C(N1CCCC(N)C1)C3. The first-order valence-electron chi connectivity index (χ1n) is 9.18. The summed E-state index contributed by atoms with van der Waals surface area (Å²) in [6.07, 6.45) is 2.95. The van der Waals surface area contributed by atoms with Crippen molar-refractivity contribution in [2.45, 2.75) is 37.5 Å². The summed E-state index contributed by atoms with van der Waals surface area (Å²) in [5.41, 5.74) is 9.84. The maximum absolute atomic E-state index is 14.9. The van der Waals surface area contributed by atoms with E-state index in [1.165, 1.54) is 11.6 Å². The van der Waals surface area contributed by atoms with Crippen molar-refractivity contribution in [2.24, 2.45) is 5.73 Å². The zero-order valence-corrected chi connectivity index (χ0v) is 14.4. The topological polar surface area (TPSA) is 62.3 Å². The molecule has 3 atom stereocenters. The van der Waals surface area contributed by atoms with Gasteiger partial charge in [0.2, 0.25) is 0 Å². The highest BCUT2D eigenvalue weighted by molar-refractivity contribution is 5.79. The van der Waals surface area contributed by atoms with Crippen LogP contribution in [-0.4, -0.2) is 30.1 Å². The monoisotopic (exact) mass is 349 g/mol. The summed E-state index contributed by atoms with van der Waals surface area (Å²) < 4.78 is 21.2. The molecule has 1 saturated heterocycles. The molecule has 3 unspecified atom stereocenters. The summed E-state index contributed by atoms with van der Waals surface area (Å²) in [4.78, 5) is 2.44. The van der Waals surface area contributed by atoms with E-state index < -0.39 is 5.82 Å². The van der Waals surface area contributed by atoms with E-state index in [0.717, 1.165) is 43.5 Å². The number of halogens is 1. The Labute approximate surface area is 152 Å². The summed E-state index contributed by atoms with van der Waals surface area (Å²) in [5, 5.41) is 9.17. The average molecular weight is 349 g/mol. The molecule has 132 valence electrons. The number of nitrogens with zero attached hydrogens (tertiary/aromatic N) is 2. The molecule has 2 aromatic rings. The maximum Gasteiger partial charge on any atom is 0.152 e. The molecule has 2 aromatic carbocycles. The van der Waals surface area contributed by atoms with Gasteiger partial charge in [-0.3, -0.25) is 4.90 Å². The van der Waals surface area contributed by atoms with Gasteiger partial charge in [0.25, 0.3) is 0 Å². The third-order valence-electron chi connectivity index (χ3n) is 5.97. The number of nitriles is 1. The van der Waals surface area contributed by atoms with Gasteiger partial charge in [0, 0.05) is 18.2 Å². The zero-order chi connectivity index (χ0) is 17.8. The first-order chi connectivity index (χ1) is 12.7. The van der Waals surface area contributed by atoms with Gasteiger partial charge < -0.3 is 10.5 Å². The Morgan fingerprint density at radius 1 is 1.27 bits per heavy atom. The van der Waals surface area contributed by atoms with E-state index in [-0.39, 0.29) is 23.8 Å². The molecule has 2 heterocycles. The third-order valence-corrected chi connectivity index (χ3v) is 5.97. The van der Waals surface area contributed by atoms with E-state index >= 15 is 0 Å². The Bertz CT molecular complexity index is 936. The van der Waals surface area contributed by atoms with Crippen molar-refractivity contribution in [2.75, 3.05) is 13.1 Å². The van der Waals surface area contributed by atoms with Crippen molar-refractivity contribution < 1.29 is 9.13 Å². The van der Waals surface area contributed by atoms with Gasteiger partial charge in [0.1, 0.15) is 17.9 Å². The lowest BCUT2D eigenvalue weighted by Gasteiger charge is -2.39. The molecule has 2 N–H and O–H groups in total. The van der Waals surface area contributed by atoms with Gasteiger partial charge in [-0.1, -0.05) is 18.2 Å². The first-order valence-corrected chi connectivity index (χ1v) is 9.18. The molecule has 0 radical (unpaired) electrons. The Morgan fingerprint density at radius 2 is 2.15 bits per heavy atom. The third kappa shape index (κ3) is 2.19. The molecule has 1 aliphatic carbocycles. The maximum atomic E-state index is 14.9. The quantitative estimate of drug-likeness (QED) is 0.859.